The van der Waals surface area contributed by atoms with E-state index in [1.165, 1.54) is 11.1 Å². The Hall–Kier alpha value is -2.97. The Morgan fingerprint density at radius 2 is 1.84 bits per heavy atom. The van der Waals surface area contributed by atoms with Gasteiger partial charge in [0.2, 0.25) is 5.82 Å². The Kier molecular flexibility index (Phi) is 4.15. The number of primary amides is 1. The van der Waals surface area contributed by atoms with Crippen molar-refractivity contribution in [3.8, 4) is 0 Å². The van der Waals surface area contributed by atoms with E-state index in [4.69, 9.17) is 5.73 Å². The van der Waals surface area contributed by atoms with Crippen LogP contribution in [0.25, 0.3) is 0 Å². The molecule has 0 aliphatic carbocycles. The number of carbonyl (C=O) groups excluding carboxylic acids is 2. The van der Waals surface area contributed by atoms with E-state index >= 15 is 0 Å². The fourth-order valence-corrected chi connectivity index (χ4v) is 2.58. The van der Waals surface area contributed by atoms with Crippen LogP contribution in [-0.2, 0) is 19.1 Å². The minimum absolute atomic E-state index is 0.137. The van der Waals surface area contributed by atoms with Crippen LogP contribution in [-0.4, -0.2) is 33.2 Å². The van der Waals surface area contributed by atoms with Crippen molar-refractivity contribution in [2.75, 3.05) is 6.54 Å². The largest absolute Gasteiger partial charge is 0.416 e. The molecular formula is C16H13F3N4O2. The molecular weight excluding hydrogens is 337 g/mol. The number of nitrogens with two attached hydrogens (primary N) is 1. The monoisotopic (exact) mass is 350 g/mol. The van der Waals surface area contributed by atoms with E-state index in [1.54, 1.807) is 0 Å². The van der Waals surface area contributed by atoms with Gasteiger partial charge in [-0.3, -0.25) is 9.59 Å². The predicted molar refractivity (Wildman–Crippen MR) is 80.4 cm³/mol. The van der Waals surface area contributed by atoms with Crippen LogP contribution in [0.5, 0.6) is 0 Å². The summed E-state index contributed by atoms with van der Waals surface area (Å²) >= 11 is 0. The van der Waals surface area contributed by atoms with E-state index in [0.717, 1.165) is 29.8 Å². The van der Waals surface area contributed by atoms with Crippen LogP contribution in [0.2, 0.25) is 0 Å². The average Bonchev–Trinajstić information content (AvgIpc) is 2.59. The van der Waals surface area contributed by atoms with E-state index in [1.807, 2.05) is 0 Å². The summed E-state index contributed by atoms with van der Waals surface area (Å²) in [6.45, 7) is 0.518. The van der Waals surface area contributed by atoms with Crippen LogP contribution >= 0.6 is 0 Å². The molecule has 0 atom stereocenters. The minimum Gasteiger partial charge on any atom is -0.363 e. The summed E-state index contributed by atoms with van der Waals surface area (Å²) in [6, 6.07) is 4.04. The number of carbonyl (C=O) groups is 2. The Morgan fingerprint density at radius 3 is 2.44 bits per heavy atom. The number of halogens is 3. The normalized spacial score (nSPS) is 14.1. The molecule has 9 heteroatoms. The molecule has 2 amide bonds. The number of rotatable bonds is 2. The SMILES string of the molecule is NC(=O)c1ncc2c(n1)CN(C(=O)c1ccc(C(F)(F)F)cc1)CC2. The first-order valence-corrected chi connectivity index (χ1v) is 7.37. The molecule has 0 saturated heterocycles. The first-order chi connectivity index (χ1) is 11.8. The second kappa shape index (κ2) is 6.15. The fraction of sp³-hybridized carbons (Fsp3) is 0.250. The fourth-order valence-electron chi connectivity index (χ4n) is 2.58. The topological polar surface area (TPSA) is 89.2 Å². The second-order valence-corrected chi connectivity index (χ2v) is 5.58. The number of hydrogen-bond acceptors (Lipinski definition) is 4. The average molecular weight is 350 g/mol. The maximum Gasteiger partial charge on any atom is 0.416 e. The van der Waals surface area contributed by atoms with Gasteiger partial charge < -0.3 is 10.6 Å². The van der Waals surface area contributed by atoms with Crippen molar-refractivity contribution in [3.63, 3.8) is 0 Å². The van der Waals surface area contributed by atoms with Gasteiger partial charge in [-0.05, 0) is 36.2 Å². The van der Waals surface area contributed by atoms with E-state index < -0.39 is 23.6 Å². The van der Waals surface area contributed by atoms with Gasteiger partial charge in [0.25, 0.3) is 11.8 Å². The van der Waals surface area contributed by atoms with E-state index in [-0.39, 0.29) is 17.9 Å². The quantitative estimate of drug-likeness (QED) is 0.894. The molecule has 1 aliphatic heterocycles. The van der Waals surface area contributed by atoms with E-state index in [2.05, 4.69) is 9.97 Å². The molecule has 3 rings (SSSR count). The first-order valence-electron chi connectivity index (χ1n) is 7.37. The summed E-state index contributed by atoms with van der Waals surface area (Å²) in [5.41, 5.74) is 5.80. The van der Waals surface area contributed by atoms with Crippen molar-refractivity contribution in [1.29, 1.82) is 0 Å². The summed E-state index contributed by atoms with van der Waals surface area (Å²) in [7, 11) is 0. The lowest BCUT2D eigenvalue weighted by molar-refractivity contribution is -0.137. The smallest absolute Gasteiger partial charge is 0.363 e. The van der Waals surface area contributed by atoms with Crippen LogP contribution < -0.4 is 5.73 Å². The molecule has 130 valence electrons. The lowest BCUT2D eigenvalue weighted by Gasteiger charge is -2.28. The van der Waals surface area contributed by atoms with Crippen LogP contribution in [0.3, 0.4) is 0 Å². The number of hydrogen-bond donors (Lipinski definition) is 1. The lowest BCUT2D eigenvalue weighted by Crippen LogP contribution is -2.37. The van der Waals surface area contributed by atoms with E-state index in [0.29, 0.717) is 18.7 Å². The van der Waals surface area contributed by atoms with Gasteiger partial charge in [-0.25, -0.2) is 9.97 Å². The van der Waals surface area contributed by atoms with Crippen molar-refractivity contribution in [2.24, 2.45) is 5.73 Å². The Morgan fingerprint density at radius 1 is 1.16 bits per heavy atom. The molecule has 0 bridgehead atoms. The van der Waals surface area contributed by atoms with Crippen molar-refractivity contribution in [3.05, 3.63) is 58.7 Å². The van der Waals surface area contributed by atoms with Gasteiger partial charge in [-0.2, -0.15) is 13.2 Å². The lowest BCUT2D eigenvalue weighted by atomic mass is 10.0. The summed E-state index contributed by atoms with van der Waals surface area (Å²) in [6.07, 6.45) is -2.46. The Balaban J connectivity index is 1.80. The summed E-state index contributed by atoms with van der Waals surface area (Å²) in [4.78, 5) is 33.0. The molecule has 2 heterocycles. The maximum atomic E-state index is 12.6. The third kappa shape index (κ3) is 3.44. The zero-order chi connectivity index (χ0) is 18.2. The molecule has 0 radical (unpaired) electrons. The summed E-state index contributed by atoms with van der Waals surface area (Å²) < 4.78 is 37.8. The van der Waals surface area contributed by atoms with Crippen LogP contribution in [0.15, 0.2) is 30.5 Å². The van der Waals surface area contributed by atoms with Gasteiger partial charge in [-0.15, -0.1) is 0 Å². The molecule has 0 saturated carbocycles. The highest BCUT2D eigenvalue weighted by atomic mass is 19.4. The van der Waals surface area contributed by atoms with Crippen molar-refractivity contribution < 1.29 is 22.8 Å². The second-order valence-electron chi connectivity index (χ2n) is 5.58. The zero-order valence-corrected chi connectivity index (χ0v) is 12.9. The molecule has 1 aromatic heterocycles. The predicted octanol–water partition coefficient (Wildman–Crippen LogP) is 1.79. The van der Waals surface area contributed by atoms with Gasteiger partial charge in [0.05, 0.1) is 17.8 Å². The van der Waals surface area contributed by atoms with Crippen molar-refractivity contribution in [2.45, 2.75) is 19.1 Å². The van der Waals surface area contributed by atoms with Gasteiger partial charge in [0.1, 0.15) is 0 Å². The maximum absolute atomic E-state index is 12.6. The number of aromatic nitrogens is 2. The molecule has 1 aromatic carbocycles. The molecule has 0 unspecified atom stereocenters. The minimum atomic E-state index is -4.45. The third-order valence-electron chi connectivity index (χ3n) is 3.91. The molecule has 6 nitrogen and oxygen atoms in total. The van der Waals surface area contributed by atoms with Gasteiger partial charge in [0, 0.05) is 18.3 Å². The van der Waals surface area contributed by atoms with Crippen LogP contribution in [0.1, 0.15) is 37.8 Å². The Labute approximate surface area is 140 Å². The molecule has 1 aliphatic rings. The summed E-state index contributed by atoms with van der Waals surface area (Å²) in [5.74, 6) is -1.31. The highest BCUT2D eigenvalue weighted by Crippen LogP contribution is 2.29. The van der Waals surface area contributed by atoms with Crippen molar-refractivity contribution in [1.82, 2.24) is 14.9 Å². The zero-order valence-electron chi connectivity index (χ0n) is 12.9. The number of nitrogens with zero attached hydrogens (tertiary/aromatic N) is 3. The molecule has 2 N–H and O–H groups in total. The standard InChI is InChI=1S/C16H13F3N4O2/c17-16(18,19)11-3-1-9(2-4-11)15(25)23-6-5-10-7-21-14(13(20)24)22-12(10)8-23/h1-4,7H,5-6,8H2,(H2,20,24). The molecule has 25 heavy (non-hydrogen) atoms. The third-order valence-corrected chi connectivity index (χ3v) is 3.91. The molecule has 2 aromatic rings. The number of amides is 2. The highest BCUT2D eigenvalue weighted by Gasteiger charge is 2.31. The Bertz CT molecular complexity index is 834. The number of benzene rings is 1. The summed E-state index contributed by atoms with van der Waals surface area (Å²) in [5, 5.41) is 0. The number of fused-ring (bicyclic) bond motifs is 1. The van der Waals surface area contributed by atoms with Crippen LogP contribution in [0, 0.1) is 0 Å². The van der Waals surface area contributed by atoms with Crippen LogP contribution in [0.4, 0.5) is 13.2 Å². The van der Waals surface area contributed by atoms with Gasteiger partial charge >= 0.3 is 6.18 Å². The number of alkyl halides is 3. The highest BCUT2D eigenvalue weighted by molar-refractivity contribution is 5.94. The van der Waals surface area contributed by atoms with E-state index in [9.17, 15) is 22.8 Å². The first kappa shape index (κ1) is 16.9. The van der Waals surface area contributed by atoms with Gasteiger partial charge in [-0.1, -0.05) is 0 Å². The molecule has 0 fully saturated rings. The van der Waals surface area contributed by atoms with Crippen molar-refractivity contribution >= 4 is 11.8 Å². The van der Waals surface area contributed by atoms with Gasteiger partial charge in [0.15, 0.2) is 0 Å². The molecule has 0 spiro atoms.